The van der Waals surface area contributed by atoms with Crippen molar-refractivity contribution in [2.45, 2.75) is 102 Å². The highest BCUT2D eigenvalue weighted by molar-refractivity contribution is 6.31. The standard InChI is InChI=1S/C32H25F4N5O3.C31H23F4N5O3.CH4/c1-37-27-10-8-22(16-24(27)32(34,35)36)40-29(43)31(12-3-2-4-13-31)41(30(40)44)23-7-5-21(25(33)17-23)18-39-28(42)20-6-9-26-19(15-20)11-14-38-26;1-36-26-9-7-21(15-23(26)31(33,34)35)39-28(42)30(11-2-3-12-30)40(29(39)43)22-6-4-20(24(32)16-22)17-38-27(41)19-5-8-25-18(14-19)10-13-37-25;/h5-11,14-17,38H,2-4,12-13,18H2,(H,39,42);4-10,13-16,37H,2-3,11-12,17H2,(H,38,41);1H4. The van der Waals surface area contributed by atoms with Crippen LogP contribution in [0.5, 0.6) is 0 Å². The fourth-order valence-electron chi connectivity index (χ4n) is 12.0. The van der Waals surface area contributed by atoms with Gasteiger partial charge in [-0.05, 0) is 123 Å². The third-order valence-electron chi connectivity index (χ3n) is 16.4. The van der Waals surface area contributed by atoms with Gasteiger partial charge in [-0.3, -0.25) is 29.0 Å². The van der Waals surface area contributed by atoms with Crippen LogP contribution in [0.4, 0.5) is 78.8 Å². The van der Waals surface area contributed by atoms with Crippen LogP contribution in [-0.2, 0) is 35.0 Å². The molecule has 2 saturated carbocycles. The minimum absolute atomic E-state index is 0. The summed E-state index contributed by atoms with van der Waals surface area (Å²) in [5.74, 6) is -3.66. The zero-order valence-corrected chi connectivity index (χ0v) is 45.6. The monoisotopic (exact) mass is 1210 g/mol. The summed E-state index contributed by atoms with van der Waals surface area (Å²) >= 11 is 0. The second-order valence-corrected chi connectivity index (χ2v) is 21.4. The van der Waals surface area contributed by atoms with Crippen molar-refractivity contribution in [3.05, 3.63) is 202 Å². The van der Waals surface area contributed by atoms with Crippen LogP contribution in [0.25, 0.3) is 31.5 Å². The van der Waals surface area contributed by atoms with Crippen molar-refractivity contribution in [3.8, 4) is 0 Å². The van der Waals surface area contributed by atoms with Gasteiger partial charge in [0.1, 0.15) is 22.7 Å². The Labute approximate surface area is 497 Å². The van der Waals surface area contributed by atoms with E-state index in [-0.39, 0.29) is 80.1 Å². The van der Waals surface area contributed by atoms with E-state index in [1.807, 2.05) is 12.1 Å². The molecule has 0 unspecified atom stereocenters. The maximum Gasteiger partial charge on any atom is 0.407 e. The highest BCUT2D eigenvalue weighted by atomic mass is 19.4. The van der Waals surface area contributed by atoms with Crippen molar-refractivity contribution in [1.82, 2.24) is 20.6 Å². The van der Waals surface area contributed by atoms with Gasteiger partial charge in [0.15, 0.2) is 11.4 Å². The Morgan fingerprint density at radius 2 is 0.875 bits per heavy atom. The third kappa shape index (κ3) is 10.9. The quantitative estimate of drug-likeness (QED) is 0.0601. The average Bonchev–Trinajstić information content (AvgIpc) is 2.26. The van der Waals surface area contributed by atoms with Crippen LogP contribution < -0.4 is 30.2 Å². The van der Waals surface area contributed by atoms with Gasteiger partial charge in [0.2, 0.25) is 0 Å². The Kier molecular flexibility index (Phi) is 16.2. The number of nitrogens with zero attached hydrogens (tertiary/aromatic N) is 6. The molecule has 0 atom stereocenters. The van der Waals surface area contributed by atoms with E-state index in [2.05, 4.69) is 30.3 Å². The molecular weight excluding hydrogens is 1160 g/mol. The topological polar surface area (TPSA) is 180 Å². The molecule has 24 heteroatoms. The molecule has 4 fully saturated rings. The molecule has 2 aromatic heterocycles. The lowest BCUT2D eigenvalue weighted by Crippen LogP contribution is -2.51. The molecule has 0 radical (unpaired) electrons. The number of alkyl halides is 6. The van der Waals surface area contributed by atoms with Crippen molar-refractivity contribution < 1.29 is 63.9 Å². The summed E-state index contributed by atoms with van der Waals surface area (Å²) in [7, 11) is 0. The van der Waals surface area contributed by atoms with Gasteiger partial charge in [0, 0.05) is 80.9 Å². The first-order valence-electron chi connectivity index (χ1n) is 27.4. The summed E-state index contributed by atoms with van der Waals surface area (Å²) in [6.07, 6.45) is -2.06. The Balaban J connectivity index is 0.000000192. The van der Waals surface area contributed by atoms with Gasteiger partial charge in [-0.2, -0.15) is 26.3 Å². The van der Waals surface area contributed by atoms with Gasteiger partial charge in [-0.1, -0.05) is 63.8 Å². The summed E-state index contributed by atoms with van der Waals surface area (Å²) in [4.78, 5) is 96.3. The Morgan fingerprint density at radius 1 is 0.500 bits per heavy atom. The van der Waals surface area contributed by atoms with Gasteiger partial charge in [0.25, 0.3) is 23.6 Å². The van der Waals surface area contributed by atoms with Crippen molar-refractivity contribution in [3.63, 3.8) is 0 Å². The fourth-order valence-corrected chi connectivity index (χ4v) is 12.0. The van der Waals surface area contributed by atoms with Crippen molar-refractivity contribution in [1.29, 1.82) is 0 Å². The highest BCUT2D eigenvalue weighted by Gasteiger charge is 2.61. The zero-order valence-electron chi connectivity index (χ0n) is 45.6. The molecule has 2 saturated heterocycles. The van der Waals surface area contributed by atoms with Crippen LogP contribution in [0, 0.1) is 24.8 Å². The molecule has 2 aliphatic carbocycles. The maximum atomic E-state index is 15.4. The number of nitrogens with one attached hydrogen (secondary N) is 4. The molecular formula is C64H52F8N10O6. The number of carbonyl (C=O) groups excluding carboxylic acids is 6. The van der Waals surface area contributed by atoms with E-state index >= 15 is 8.78 Å². The molecule has 8 amide bonds. The van der Waals surface area contributed by atoms with Crippen molar-refractivity contribution >= 4 is 91.6 Å². The number of imide groups is 2. The van der Waals surface area contributed by atoms with Crippen LogP contribution in [0.1, 0.15) is 108 Å². The molecule has 4 aliphatic rings. The molecule has 16 nitrogen and oxygen atoms in total. The van der Waals surface area contributed by atoms with Crippen LogP contribution in [0.3, 0.4) is 0 Å². The summed E-state index contributed by atoms with van der Waals surface area (Å²) in [5.41, 5.74) is -4.28. The lowest BCUT2D eigenvalue weighted by Gasteiger charge is -2.38. The molecule has 0 bridgehead atoms. The third-order valence-corrected chi connectivity index (χ3v) is 16.4. The normalized spacial score (nSPS) is 16.2. The molecule has 2 aliphatic heterocycles. The van der Waals surface area contributed by atoms with E-state index in [0.717, 1.165) is 69.5 Å². The summed E-state index contributed by atoms with van der Waals surface area (Å²) in [6, 6.07) is 25.4. The molecule has 4 heterocycles. The van der Waals surface area contributed by atoms with E-state index in [0.29, 0.717) is 58.7 Å². The number of benzene rings is 6. The highest BCUT2D eigenvalue weighted by Crippen LogP contribution is 2.49. The maximum absolute atomic E-state index is 15.4. The average molecular weight is 1210 g/mol. The lowest BCUT2D eigenvalue weighted by atomic mass is 9.80. The SMILES string of the molecule is C.[C-]#[N+]c1ccc(N2C(=O)N(c3ccc(CNC(=O)c4ccc5[nH]ccc5c4)c(F)c3)C3(CCCC3)C2=O)cc1C(F)(F)F.[C-]#[N+]c1ccc(N2C(=O)N(c3ccc(CNC(=O)c4ccc5[nH]ccc5c4)c(F)c3)C3(CCCCC3)C2=O)cc1C(F)(F)F. The van der Waals surface area contributed by atoms with Gasteiger partial charge in [-0.25, -0.2) is 37.9 Å². The summed E-state index contributed by atoms with van der Waals surface area (Å²) in [5, 5.41) is 7.06. The summed E-state index contributed by atoms with van der Waals surface area (Å²) < 4.78 is 113. The number of urea groups is 2. The predicted octanol–water partition coefficient (Wildman–Crippen LogP) is 15.2. The molecule has 8 aromatic rings. The van der Waals surface area contributed by atoms with E-state index in [9.17, 15) is 55.1 Å². The number of fused-ring (bicyclic) bond motifs is 2. The van der Waals surface area contributed by atoms with E-state index in [4.69, 9.17) is 13.1 Å². The molecule has 450 valence electrons. The Morgan fingerprint density at radius 3 is 1.24 bits per heavy atom. The number of halogens is 8. The Hall–Kier alpha value is -10.4. The molecule has 4 N–H and O–H groups in total. The number of rotatable bonds is 10. The largest absolute Gasteiger partial charge is 0.407 e. The summed E-state index contributed by atoms with van der Waals surface area (Å²) in [6.45, 7) is 13.9. The molecule has 12 rings (SSSR count). The molecule has 88 heavy (non-hydrogen) atoms. The van der Waals surface area contributed by atoms with Gasteiger partial charge in [-0.15, -0.1) is 0 Å². The number of hydrogen-bond donors (Lipinski definition) is 4. The molecule has 6 aromatic carbocycles. The van der Waals surface area contributed by atoms with Crippen LogP contribution in [-0.4, -0.2) is 56.7 Å². The minimum atomic E-state index is -4.88. The first-order chi connectivity index (χ1) is 41.6. The number of carbonyl (C=O) groups is 6. The van der Waals surface area contributed by atoms with Crippen molar-refractivity contribution in [2.75, 3.05) is 19.6 Å². The number of aromatic nitrogens is 2. The van der Waals surface area contributed by atoms with Crippen LogP contribution >= 0.6 is 0 Å². The first-order valence-corrected chi connectivity index (χ1v) is 27.4. The number of hydrogen-bond acceptors (Lipinski definition) is 6. The van der Waals surface area contributed by atoms with Gasteiger partial charge in [0.05, 0.1) is 35.6 Å². The van der Waals surface area contributed by atoms with Gasteiger partial charge >= 0.3 is 24.4 Å². The van der Waals surface area contributed by atoms with Gasteiger partial charge < -0.3 is 20.6 Å². The number of anilines is 4. The van der Waals surface area contributed by atoms with Crippen molar-refractivity contribution in [2.24, 2.45) is 0 Å². The fraction of sp³-hybridized carbons (Fsp3) is 0.250. The lowest BCUT2D eigenvalue weighted by molar-refractivity contribution is -0.137. The first kappa shape index (κ1) is 60.8. The second-order valence-electron chi connectivity index (χ2n) is 21.4. The number of aromatic amines is 2. The Bertz CT molecular complexity index is 4220. The van der Waals surface area contributed by atoms with Crippen LogP contribution in [0.2, 0.25) is 0 Å². The minimum Gasteiger partial charge on any atom is -0.361 e. The predicted molar refractivity (Wildman–Crippen MR) is 312 cm³/mol. The number of amides is 8. The van der Waals surface area contributed by atoms with E-state index < -0.39 is 93.3 Å². The van der Waals surface area contributed by atoms with E-state index in [1.165, 1.54) is 29.2 Å². The smallest absolute Gasteiger partial charge is 0.361 e. The van der Waals surface area contributed by atoms with Crippen LogP contribution in [0.15, 0.2) is 134 Å². The number of H-pyrrole nitrogens is 2. The molecule has 2 spiro atoms. The zero-order chi connectivity index (χ0) is 61.7. The second kappa shape index (κ2) is 23.5. The van der Waals surface area contributed by atoms with E-state index in [1.54, 1.807) is 48.8 Å².